The molecule has 34 heavy (non-hydrogen) atoms. The minimum atomic E-state index is -0.963. The fraction of sp³-hybridized carbons (Fsp3) is 0.304. The van der Waals surface area contributed by atoms with Gasteiger partial charge in [-0.15, -0.1) is 0 Å². The summed E-state index contributed by atoms with van der Waals surface area (Å²) in [5.41, 5.74) is 0.918. The van der Waals surface area contributed by atoms with E-state index in [0.29, 0.717) is 12.1 Å². The van der Waals surface area contributed by atoms with E-state index in [4.69, 9.17) is 9.47 Å². The van der Waals surface area contributed by atoms with E-state index < -0.39 is 23.4 Å². The van der Waals surface area contributed by atoms with Crippen LogP contribution in [0.4, 0.5) is 31.8 Å². The predicted octanol–water partition coefficient (Wildman–Crippen LogP) is 3.91. The van der Waals surface area contributed by atoms with Crippen LogP contribution >= 0.6 is 0 Å². The summed E-state index contributed by atoms with van der Waals surface area (Å²) in [5, 5.41) is 14.2. The van der Waals surface area contributed by atoms with Crippen LogP contribution < -0.4 is 14.4 Å². The second kappa shape index (κ2) is 10.8. The topological polar surface area (TPSA) is 97.4 Å². The second-order valence-corrected chi connectivity index (χ2v) is 7.43. The molecule has 0 saturated heterocycles. The van der Waals surface area contributed by atoms with E-state index in [1.807, 2.05) is 13.2 Å². The Morgan fingerprint density at radius 3 is 2.44 bits per heavy atom. The van der Waals surface area contributed by atoms with E-state index in [0.717, 1.165) is 11.6 Å². The Morgan fingerprint density at radius 2 is 1.91 bits per heavy atom. The molecule has 0 aliphatic heterocycles. The summed E-state index contributed by atoms with van der Waals surface area (Å²) < 4.78 is 42.1. The zero-order valence-electron chi connectivity index (χ0n) is 19.4. The fourth-order valence-electron chi connectivity index (χ4n) is 3.30. The Bertz CT molecular complexity index is 1170. The van der Waals surface area contributed by atoms with E-state index in [-0.39, 0.29) is 29.7 Å². The number of aromatic nitrogens is 3. The van der Waals surface area contributed by atoms with Crippen molar-refractivity contribution in [1.29, 1.82) is 0 Å². The molecule has 0 radical (unpaired) electrons. The number of nitrogens with zero attached hydrogens (tertiary/aromatic N) is 6. The maximum absolute atomic E-state index is 15.2. The van der Waals surface area contributed by atoms with Crippen molar-refractivity contribution in [1.82, 2.24) is 14.8 Å². The number of aliphatic hydroxyl groups excluding tert-OH is 1. The van der Waals surface area contributed by atoms with Gasteiger partial charge >= 0.3 is 0 Å². The lowest BCUT2D eigenvalue weighted by Gasteiger charge is -2.27. The number of pyridine rings is 1. The van der Waals surface area contributed by atoms with Gasteiger partial charge in [0, 0.05) is 31.9 Å². The van der Waals surface area contributed by atoms with E-state index in [2.05, 4.69) is 26.8 Å². The molecule has 0 fully saturated rings. The number of ether oxygens (including phenoxy) is 2. The number of aliphatic imine (C=N–C) groups is 2. The zero-order valence-corrected chi connectivity index (χ0v) is 19.4. The Balaban J connectivity index is 2.03. The van der Waals surface area contributed by atoms with Gasteiger partial charge in [-0.3, -0.25) is 9.67 Å². The first-order valence-corrected chi connectivity index (χ1v) is 10.3. The number of rotatable bonds is 10. The van der Waals surface area contributed by atoms with Gasteiger partial charge in [0.1, 0.15) is 17.2 Å². The molecule has 180 valence electrons. The molecule has 1 aromatic carbocycles. The SMILES string of the molecule is C=Nc1nc(N(CC(C)O)c2c(F)c(OC)cc(OC)c2F)ccc1N=CCc1cnn(C)c1. The van der Waals surface area contributed by atoms with Crippen molar-refractivity contribution < 1.29 is 23.4 Å². The fourth-order valence-corrected chi connectivity index (χ4v) is 3.30. The molecule has 0 saturated carbocycles. The molecular weight excluding hydrogens is 446 g/mol. The van der Waals surface area contributed by atoms with E-state index in [1.54, 1.807) is 23.2 Å². The molecule has 0 bridgehead atoms. The lowest BCUT2D eigenvalue weighted by molar-refractivity contribution is 0.202. The summed E-state index contributed by atoms with van der Waals surface area (Å²) in [5.74, 6) is -2.08. The Hall–Kier alpha value is -3.86. The average Bonchev–Trinajstić information content (AvgIpc) is 3.23. The van der Waals surface area contributed by atoms with Gasteiger partial charge in [-0.2, -0.15) is 5.10 Å². The predicted molar refractivity (Wildman–Crippen MR) is 127 cm³/mol. The maximum Gasteiger partial charge on any atom is 0.191 e. The molecule has 3 rings (SSSR count). The van der Waals surface area contributed by atoms with Crippen LogP contribution in [-0.4, -0.2) is 59.7 Å². The van der Waals surface area contributed by atoms with Crippen LogP contribution in [0, 0.1) is 11.6 Å². The highest BCUT2D eigenvalue weighted by molar-refractivity contribution is 5.74. The van der Waals surface area contributed by atoms with Crippen LogP contribution in [0.2, 0.25) is 0 Å². The molecule has 1 N–H and O–H groups in total. The van der Waals surface area contributed by atoms with Gasteiger partial charge in [0.2, 0.25) is 0 Å². The van der Waals surface area contributed by atoms with Crippen molar-refractivity contribution >= 4 is 35.9 Å². The molecule has 11 heteroatoms. The van der Waals surface area contributed by atoms with Crippen molar-refractivity contribution in [3.05, 3.63) is 47.8 Å². The number of methoxy groups -OCH3 is 2. The first kappa shape index (κ1) is 24.8. The largest absolute Gasteiger partial charge is 0.493 e. The van der Waals surface area contributed by atoms with Crippen LogP contribution in [0.25, 0.3) is 0 Å². The highest BCUT2D eigenvalue weighted by atomic mass is 19.1. The number of hydrogen-bond acceptors (Lipinski definition) is 8. The number of aryl methyl sites for hydroxylation is 1. The summed E-state index contributed by atoms with van der Waals surface area (Å²) in [4.78, 5) is 13.9. The van der Waals surface area contributed by atoms with Crippen LogP contribution in [-0.2, 0) is 13.5 Å². The van der Waals surface area contributed by atoms with E-state index >= 15 is 8.78 Å². The molecule has 0 aliphatic carbocycles. The van der Waals surface area contributed by atoms with Gasteiger partial charge in [0.05, 0.1) is 33.1 Å². The number of aliphatic hydroxyl groups is 1. The zero-order chi connectivity index (χ0) is 24.8. The molecule has 0 spiro atoms. The summed E-state index contributed by atoms with van der Waals surface area (Å²) in [6.07, 6.45) is 4.89. The van der Waals surface area contributed by atoms with Crippen LogP contribution in [0.5, 0.6) is 11.5 Å². The monoisotopic (exact) mass is 472 g/mol. The first-order chi connectivity index (χ1) is 16.3. The highest BCUT2D eigenvalue weighted by Crippen LogP contribution is 2.40. The lowest BCUT2D eigenvalue weighted by Crippen LogP contribution is -2.29. The van der Waals surface area contributed by atoms with Crippen molar-refractivity contribution in [2.24, 2.45) is 17.0 Å². The van der Waals surface area contributed by atoms with E-state index in [9.17, 15) is 5.11 Å². The number of halogens is 2. The van der Waals surface area contributed by atoms with Gasteiger partial charge in [-0.25, -0.2) is 18.8 Å². The quantitative estimate of drug-likeness (QED) is 0.450. The van der Waals surface area contributed by atoms with Crippen molar-refractivity contribution in [3.8, 4) is 11.5 Å². The normalized spacial score (nSPS) is 12.1. The summed E-state index contributed by atoms with van der Waals surface area (Å²) in [6, 6.07) is 4.24. The highest BCUT2D eigenvalue weighted by Gasteiger charge is 2.27. The van der Waals surface area contributed by atoms with Gasteiger partial charge in [-0.05, 0) is 31.3 Å². The Kier molecular flexibility index (Phi) is 7.90. The molecule has 0 aliphatic rings. The lowest BCUT2D eigenvalue weighted by atomic mass is 10.2. The molecule has 2 aromatic heterocycles. The summed E-state index contributed by atoms with van der Waals surface area (Å²) in [7, 11) is 4.34. The minimum Gasteiger partial charge on any atom is -0.493 e. The third-order valence-corrected chi connectivity index (χ3v) is 4.85. The summed E-state index contributed by atoms with van der Waals surface area (Å²) in [6.45, 7) is 4.85. The molecule has 1 atom stereocenters. The number of hydrogen-bond donors (Lipinski definition) is 1. The van der Waals surface area contributed by atoms with E-state index in [1.165, 1.54) is 32.1 Å². The second-order valence-electron chi connectivity index (χ2n) is 7.43. The van der Waals surface area contributed by atoms with Gasteiger partial charge in [-0.1, -0.05) is 0 Å². The molecule has 9 nitrogen and oxygen atoms in total. The third-order valence-electron chi connectivity index (χ3n) is 4.85. The summed E-state index contributed by atoms with van der Waals surface area (Å²) >= 11 is 0. The van der Waals surface area contributed by atoms with Crippen LogP contribution in [0.1, 0.15) is 12.5 Å². The van der Waals surface area contributed by atoms with Crippen molar-refractivity contribution in [2.45, 2.75) is 19.4 Å². The maximum atomic E-state index is 15.2. The van der Waals surface area contributed by atoms with Crippen LogP contribution in [0.15, 0.2) is 40.6 Å². The van der Waals surface area contributed by atoms with Crippen molar-refractivity contribution in [2.75, 3.05) is 25.7 Å². The van der Waals surface area contributed by atoms with Crippen LogP contribution in [0.3, 0.4) is 0 Å². The molecule has 2 heterocycles. The minimum absolute atomic E-state index is 0.127. The molecule has 1 unspecified atom stereocenters. The van der Waals surface area contributed by atoms with Gasteiger partial charge in [0.15, 0.2) is 29.0 Å². The Labute approximate surface area is 196 Å². The molecule has 3 aromatic rings. The number of anilines is 2. The number of benzene rings is 1. The van der Waals surface area contributed by atoms with Gasteiger partial charge < -0.3 is 19.5 Å². The third kappa shape index (κ3) is 5.37. The first-order valence-electron chi connectivity index (χ1n) is 10.3. The standard InChI is InChI=1S/C23H26F2N6O3/c1-14(32)12-31(22-20(24)17(33-4)10-18(34-5)21(22)25)19-7-6-16(23(26-2)29-19)27-9-8-15-11-28-30(3)13-15/h6-7,9-11,13-14,32H,2,8,12H2,1,3-5H3. The smallest absolute Gasteiger partial charge is 0.191 e. The van der Waals surface area contributed by atoms with Gasteiger partial charge in [0.25, 0.3) is 0 Å². The van der Waals surface area contributed by atoms with Crippen molar-refractivity contribution in [3.63, 3.8) is 0 Å². The Morgan fingerprint density at radius 1 is 1.24 bits per heavy atom. The molecular formula is C23H26F2N6O3. The molecule has 0 amide bonds. The average molecular weight is 472 g/mol.